The zero-order chi connectivity index (χ0) is 18.1. The van der Waals surface area contributed by atoms with Crippen molar-refractivity contribution in [2.45, 2.75) is 13.8 Å². The zero-order valence-corrected chi connectivity index (χ0v) is 17.8. The fourth-order valence-corrected chi connectivity index (χ4v) is 4.10. The Morgan fingerprint density at radius 1 is 1.00 bits per heavy atom. The fraction of sp³-hybridized carbons (Fsp3) is 0.158. The Balaban J connectivity index is 2.20. The number of benzene rings is 2. The van der Waals surface area contributed by atoms with Crippen molar-refractivity contribution >= 4 is 47.7 Å². The summed E-state index contributed by atoms with van der Waals surface area (Å²) in [6, 6.07) is 16.2. The van der Waals surface area contributed by atoms with Gasteiger partial charge in [0.2, 0.25) is 0 Å². The van der Waals surface area contributed by atoms with E-state index < -0.39 is 0 Å². The molecule has 0 bridgehead atoms. The van der Waals surface area contributed by atoms with Crippen molar-refractivity contribution in [1.82, 2.24) is 9.13 Å². The van der Waals surface area contributed by atoms with Crippen LogP contribution in [0.5, 0.6) is 0 Å². The molecule has 1 radical (unpaired) electrons. The number of aliphatic imine (C=N–C) groups is 1. The van der Waals surface area contributed by atoms with Gasteiger partial charge in [0.25, 0.3) is 0 Å². The van der Waals surface area contributed by atoms with Gasteiger partial charge >= 0.3 is 164 Å². The SMILES string of the molecule is Cc1ccccc1N=C([Se])c1c(N)n(-c2ccccc2C)c(=[Se])n1C. The Hall–Kier alpha value is -1.84. The van der Waals surface area contributed by atoms with Crippen molar-refractivity contribution in [2.24, 2.45) is 12.0 Å². The third kappa shape index (κ3) is 3.31. The first-order valence-electron chi connectivity index (χ1n) is 7.86. The van der Waals surface area contributed by atoms with E-state index in [9.17, 15) is 0 Å². The van der Waals surface area contributed by atoms with E-state index in [0.29, 0.717) is 5.82 Å². The van der Waals surface area contributed by atoms with Crippen LogP contribution in [0, 0.1) is 18.2 Å². The number of para-hydroxylation sites is 2. The van der Waals surface area contributed by atoms with Crippen LogP contribution in [-0.2, 0) is 7.05 Å². The van der Waals surface area contributed by atoms with E-state index in [2.05, 4.69) is 50.6 Å². The van der Waals surface area contributed by atoms with Crippen molar-refractivity contribution in [1.29, 1.82) is 0 Å². The van der Waals surface area contributed by atoms with Crippen molar-refractivity contribution < 1.29 is 0 Å². The summed E-state index contributed by atoms with van der Waals surface area (Å²) < 4.78 is 5.73. The molecule has 0 aliphatic heterocycles. The summed E-state index contributed by atoms with van der Waals surface area (Å²) in [6.45, 7) is 4.13. The van der Waals surface area contributed by atoms with Crippen LogP contribution in [0.1, 0.15) is 16.8 Å². The van der Waals surface area contributed by atoms with Crippen LogP contribution >= 0.6 is 0 Å². The molecule has 0 amide bonds. The molecule has 0 saturated carbocycles. The molecule has 3 aromatic rings. The molecule has 1 heterocycles. The molecular formula is C19H19N4Se2. The Morgan fingerprint density at radius 2 is 1.60 bits per heavy atom. The van der Waals surface area contributed by atoms with Crippen LogP contribution in [0.2, 0.25) is 0 Å². The van der Waals surface area contributed by atoms with E-state index in [1.807, 2.05) is 59.5 Å². The van der Waals surface area contributed by atoms with E-state index in [1.165, 1.54) is 0 Å². The summed E-state index contributed by atoms with van der Waals surface area (Å²) in [6.07, 6.45) is 0. The number of aryl methyl sites for hydroxylation is 2. The summed E-state index contributed by atoms with van der Waals surface area (Å²) in [5.74, 6) is 0.650. The van der Waals surface area contributed by atoms with E-state index in [0.717, 1.165) is 37.1 Å². The third-order valence-corrected chi connectivity index (χ3v) is 5.75. The van der Waals surface area contributed by atoms with Gasteiger partial charge in [0.05, 0.1) is 0 Å². The van der Waals surface area contributed by atoms with Gasteiger partial charge in [-0.2, -0.15) is 0 Å². The second-order valence-corrected chi connectivity index (χ2v) is 7.48. The predicted octanol–water partition coefficient (Wildman–Crippen LogP) is 2.96. The number of nitrogens with two attached hydrogens (primary N) is 1. The van der Waals surface area contributed by atoms with Crippen molar-refractivity contribution in [3.63, 3.8) is 0 Å². The number of hydrogen-bond donors (Lipinski definition) is 1. The third-order valence-electron chi connectivity index (χ3n) is 4.19. The Labute approximate surface area is 163 Å². The molecule has 0 aliphatic rings. The maximum atomic E-state index is 6.52. The van der Waals surface area contributed by atoms with Crippen LogP contribution < -0.4 is 5.73 Å². The molecule has 2 N–H and O–H groups in total. The summed E-state index contributed by atoms with van der Waals surface area (Å²) >= 11 is 6.21. The molecule has 127 valence electrons. The fourth-order valence-electron chi connectivity index (χ4n) is 2.78. The zero-order valence-electron chi connectivity index (χ0n) is 14.4. The van der Waals surface area contributed by atoms with E-state index in [-0.39, 0.29) is 0 Å². The monoisotopic (exact) mass is 463 g/mol. The first-order valence-corrected chi connectivity index (χ1v) is 9.58. The molecule has 0 atom stereocenters. The summed E-state index contributed by atoms with van der Waals surface area (Å²) in [5.41, 5.74) is 11.6. The summed E-state index contributed by atoms with van der Waals surface area (Å²) in [5, 5.41) is 0. The van der Waals surface area contributed by atoms with Gasteiger partial charge in [-0.05, 0) is 0 Å². The standard InChI is InChI=1S/C19H19N4Se2/c1-12-8-4-6-10-14(12)21-18(24)16-17(20)23(19(25)22(16)3)15-11-7-5-9-13(15)2/h4-11H,20H2,1-3H3. The molecule has 4 nitrogen and oxygen atoms in total. The summed E-state index contributed by atoms with van der Waals surface area (Å²) in [7, 11) is 1.98. The van der Waals surface area contributed by atoms with E-state index in [1.54, 1.807) is 0 Å². The molecule has 0 spiro atoms. The average Bonchev–Trinajstić information content (AvgIpc) is 2.80. The minimum absolute atomic E-state index is 0.650. The van der Waals surface area contributed by atoms with Crippen LogP contribution in [0.4, 0.5) is 11.5 Å². The molecule has 1 aromatic heterocycles. The number of hydrogen-bond acceptors (Lipinski definition) is 2. The van der Waals surface area contributed by atoms with Gasteiger partial charge in [0.15, 0.2) is 0 Å². The number of rotatable bonds is 3. The van der Waals surface area contributed by atoms with Gasteiger partial charge in [-0.25, -0.2) is 0 Å². The molecule has 2 aromatic carbocycles. The molecule has 3 rings (SSSR count). The quantitative estimate of drug-likeness (QED) is 0.474. The molecule has 0 saturated heterocycles. The predicted molar refractivity (Wildman–Crippen MR) is 106 cm³/mol. The van der Waals surface area contributed by atoms with Crippen LogP contribution in [0.25, 0.3) is 5.69 Å². The molecular weight excluding hydrogens is 442 g/mol. The Bertz CT molecular complexity index is 1030. The minimum atomic E-state index is 0.650. The van der Waals surface area contributed by atoms with Gasteiger partial charge in [0.1, 0.15) is 0 Å². The number of nitrogens with zero attached hydrogens (tertiary/aromatic N) is 3. The normalized spacial score (nSPS) is 11.7. The first kappa shape index (κ1) is 18.0. The molecule has 0 unspecified atom stereocenters. The van der Waals surface area contributed by atoms with Crippen LogP contribution in [0.15, 0.2) is 53.5 Å². The number of imidazole rings is 1. The molecule has 0 fully saturated rings. The second-order valence-electron chi connectivity index (χ2n) is 5.90. The first-order chi connectivity index (χ1) is 11.9. The topological polar surface area (TPSA) is 48.2 Å². The van der Waals surface area contributed by atoms with Crippen LogP contribution in [0.3, 0.4) is 0 Å². The Kier molecular flexibility index (Phi) is 5.16. The molecule has 6 heteroatoms. The summed E-state index contributed by atoms with van der Waals surface area (Å²) in [4.78, 5) is 4.75. The van der Waals surface area contributed by atoms with Crippen LogP contribution in [-0.4, -0.2) is 45.3 Å². The van der Waals surface area contributed by atoms with Gasteiger partial charge in [-0.1, -0.05) is 0 Å². The number of anilines is 1. The Morgan fingerprint density at radius 3 is 2.24 bits per heavy atom. The maximum absolute atomic E-state index is 6.52. The number of aromatic nitrogens is 2. The van der Waals surface area contributed by atoms with Crippen molar-refractivity contribution in [3.8, 4) is 5.69 Å². The van der Waals surface area contributed by atoms with Gasteiger partial charge in [-0.15, -0.1) is 0 Å². The van der Waals surface area contributed by atoms with E-state index >= 15 is 0 Å². The van der Waals surface area contributed by atoms with Crippen molar-refractivity contribution in [3.05, 3.63) is 69.7 Å². The molecule has 0 aliphatic carbocycles. The number of nitrogen functional groups attached to an aromatic ring is 1. The van der Waals surface area contributed by atoms with Gasteiger partial charge in [0, 0.05) is 0 Å². The van der Waals surface area contributed by atoms with E-state index in [4.69, 9.17) is 10.7 Å². The molecule has 25 heavy (non-hydrogen) atoms. The average molecular weight is 461 g/mol. The second kappa shape index (κ2) is 7.18. The van der Waals surface area contributed by atoms with Gasteiger partial charge < -0.3 is 0 Å². The van der Waals surface area contributed by atoms with Crippen molar-refractivity contribution in [2.75, 3.05) is 5.73 Å². The van der Waals surface area contributed by atoms with Gasteiger partial charge in [-0.3, -0.25) is 0 Å².